The molecule has 0 spiro atoms. The molecule has 2 heterocycles. The highest BCUT2D eigenvalue weighted by atomic mass is 16.3. The summed E-state index contributed by atoms with van der Waals surface area (Å²) in [5, 5.41) is 12.0. The number of imidazole rings is 1. The zero-order valence-corrected chi connectivity index (χ0v) is 8.94. The summed E-state index contributed by atoms with van der Waals surface area (Å²) >= 11 is 0. The normalized spacial score (nSPS) is 12.0. The minimum atomic E-state index is 0.0743. The van der Waals surface area contributed by atoms with Crippen LogP contribution in [0.2, 0.25) is 0 Å². The molecule has 2 aromatic heterocycles. The number of nitrogens with one attached hydrogen (secondary N) is 2. The molecule has 2 aromatic rings. The zero-order valence-electron chi connectivity index (χ0n) is 8.94. The predicted molar refractivity (Wildman–Crippen MR) is 61.0 cm³/mol. The Kier molecular flexibility index (Phi) is 3.11. The molecule has 6 heteroatoms. The molecule has 0 aliphatic heterocycles. The Morgan fingerprint density at radius 2 is 2.50 bits per heavy atom. The van der Waals surface area contributed by atoms with Crippen LogP contribution in [0.4, 0.5) is 5.82 Å². The maximum Gasteiger partial charge on any atom is 0.182 e. The second-order valence-electron chi connectivity index (χ2n) is 3.41. The Morgan fingerprint density at radius 3 is 3.31 bits per heavy atom. The fourth-order valence-corrected chi connectivity index (χ4v) is 1.29. The summed E-state index contributed by atoms with van der Waals surface area (Å²) in [6, 6.07) is 0. The van der Waals surface area contributed by atoms with E-state index in [-0.39, 0.29) is 6.61 Å². The third-order valence-electron chi connectivity index (χ3n) is 2.19. The van der Waals surface area contributed by atoms with Crippen molar-refractivity contribution in [1.29, 1.82) is 0 Å². The van der Waals surface area contributed by atoms with Crippen molar-refractivity contribution >= 4 is 17.0 Å². The van der Waals surface area contributed by atoms with E-state index in [1.807, 2.05) is 13.0 Å². The van der Waals surface area contributed by atoms with Crippen LogP contribution < -0.4 is 5.32 Å². The van der Waals surface area contributed by atoms with Gasteiger partial charge in [-0.05, 0) is 6.92 Å². The van der Waals surface area contributed by atoms with E-state index in [4.69, 9.17) is 5.11 Å². The first-order valence-electron chi connectivity index (χ1n) is 4.95. The van der Waals surface area contributed by atoms with Crippen molar-refractivity contribution in [3.63, 3.8) is 0 Å². The van der Waals surface area contributed by atoms with Crippen LogP contribution >= 0.6 is 0 Å². The van der Waals surface area contributed by atoms with E-state index < -0.39 is 0 Å². The Labute approximate surface area is 92.5 Å². The van der Waals surface area contributed by atoms with Gasteiger partial charge in [-0.25, -0.2) is 15.0 Å². The molecular weight excluding hydrogens is 208 g/mol. The minimum absolute atomic E-state index is 0.0743. The Hall–Kier alpha value is -1.95. The van der Waals surface area contributed by atoms with E-state index in [9.17, 15) is 0 Å². The second kappa shape index (κ2) is 4.71. The molecular formula is C10H13N5O. The predicted octanol–water partition coefficient (Wildman–Crippen LogP) is 0.703. The third kappa shape index (κ3) is 2.17. The number of hydrogen-bond donors (Lipinski definition) is 3. The lowest BCUT2D eigenvalue weighted by Crippen LogP contribution is -2.03. The number of aliphatic hydroxyl groups excluding tert-OH is 1. The molecule has 3 N–H and O–H groups in total. The molecule has 0 radical (unpaired) electrons. The number of aromatic amines is 1. The van der Waals surface area contributed by atoms with Crippen LogP contribution in [-0.4, -0.2) is 38.2 Å². The summed E-state index contributed by atoms with van der Waals surface area (Å²) in [5.41, 5.74) is 2.35. The Morgan fingerprint density at radius 1 is 1.62 bits per heavy atom. The summed E-state index contributed by atoms with van der Waals surface area (Å²) in [6.07, 6.45) is 4.96. The third-order valence-corrected chi connectivity index (χ3v) is 2.19. The van der Waals surface area contributed by atoms with Crippen molar-refractivity contribution in [2.45, 2.75) is 6.92 Å². The first kappa shape index (κ1) is 10.6. The van der Waals surface area contributed by atoms with Crippen molar-refractivity contribution in [2.75, 3.05) is 18.5 Å². The van der Waals surface area contributed by atoms with Crippen molar-refractivity contribution in [2.24, 2.45) is 0 Å². The molecule has 0 bridgehead atoms. The molecule has 0 unspecified atom stereocenters. The van der Waals surface area contributed by atoms with Gasteiger partial charge < -0.3 is 15.4 Å². The van der Waals surface area contributed by atoms with E-state index in [1.54, 1.807) is 6.33 Å². The molecule has 0 aliphatic carbocycles. The summed E-state index contributed by atoms with van der Waals surface area (Å²) in [4.78, 5) is 15.1. The van der Waals surface area contributed by atoms with Gasteiger partial charge in [0, 0.05) is 6.54 Å². The van der Waals surface area contributed by atoms with Crippen LogP contribution in [0, 0.1) is 0 Å². The highest BCUT2D eigenvalue weighted by Gasteiger charge is 2.03. The molecule has 84 valence electrons. The fourth-order valence-electron chi connectivity index (χ4n) is 1.29. The average Bonchev–Trinajstić information content (AvgIpc) is 2.77. The van der Waals surface area contributed by atoms with Gasteiger partial charge >= 0.3 is 0 Å². The van der Waals surface area contributed by atoms with Crippen molar-refractivity contribution in [1.82, 2.24) is 19.9 Å². The van der Waals surface area contributed by atoms with Gasteiger partial charge in [-0.1, -0.05) is 11.6 Å². The van der Waals surface area contributed by atoms with Gasteiger partial charge in [0.1, 0.15) is 11.8 Å². The summed E-state index contributed by atoms with van der Waals surface area (Å²) in [7, 11) is 0. The lowest BCUT2D eigenvalue weighted by atomic mass is 10.3. The molecule has 0 saturated carbocycles. The largest absolute Gasteiger partial charge is 0.392 e. The standard InChI is InChI=1S/C10H13N5O/c1-7(4-16)2-3-11-9-8-10(13-5-12-8)15-6-14-9/h2,5-6,16H,3-4H2,1H3,(H2,11,12,13,14,15)/b7-2+/i5+2. The van der Waals surface area contributed by atoms with E-state index in [1.165, 1.54) is 6.33 Å². The minimum Gasteiger partial charge on any atom is -0.392 e. The lowest BCUT2D eigenvalue weighted by Gasteiger charge is -2.03. The maximum absolute atomic E-state index is 8.83. The Balaban J connectivity index is 2.12. The molecule has 0 saturated heterocycles. The monoisotopic (exact) mass is 221 g/mol. The van der Waals surface area contributed by atoms with Crippen LogP contribution in [-0.2, 0) is 0 Å². The van der Waals surface area contributed by atoms with Gasteiger partial charge in [0.15, 0.2) is 11.5 Å². The first-order chi connectivity index (χ1) is 7.81. The number of rotatable bonds is 4. The molecule has 0 aromatic carbocycles. The van der Waals surface area contributed by atoms with Gasteiger partial charge in [0.2, 0.25) is 0 Å². The number of hydrogen-bond acceptors (Lipinski definition) is 5. The van der Waals surface area contributed by atoms with E-state index in [0.717, 1.165) is 11.1 Å². The number of anilines is 1. The molecule has 0 amide bonds. The van der Waals surface area contributed by atoms with Gasteiger partial charge in [-0.3, -0.25) is 0 Å². The van der Waals surface area contributed by atoms with Gasteiger partial charge in [-0.2, -0.15) is 0 Å². The average molecular weight is 221 g/mol. The van der Waals surface area contributed by atoms with Crippen molar-refractivity contribution in [3.05, 3.63) is 24.3 Å². The summed E-state index contributed by atoms with van der Waals surface area (Å²) in [6.45, 7) is 2.55. The van der Waals surface area contributed by atoms with Crippen LogP contribution in [0.25, 0.3) is 11.2 Å². The summed E-state index contributed by atoms with van der Waals surface area (Å²) in [5.74, 6) is 0.712. The summed E-state index contributed by atoms with van der Waals surface area (Å²) < 4.78 is 0. The van der Waals surface area contributed by atoms with Crippen LogP contribution in [0.15, 0.2) is 24.3 Å². The molecule has 0 fully saturated rings. The van der Waals surface area contributed by atoms with Crippen LogP contribution in [0.1, 0.15) is 6.92 Å². The Bertz CT molecular complexity index is 505. The van der Waals surface area contributed by atoms with Crippen molar-refractivity contribution < 1.29 is 5.11 Å². The molecule has 16 heavy (non-hydrogen) atoms. The van der Waals surface area contributed by atoms with Crippen LogP contribution in [0.3, 0.4) is 0 Å². The zero-order chi connectivity index (χ0) is 11.4. The van der Waals surface area contributed by atoms with E-state index >= 15 is 0 Å². The molecule has 0 atom stereocenters. The molecule has 6 nitrogen and oxygen atoms in total. The van der Waals surface area contributed by atoms with E-state index in [0.29, 0.717) is 18.0 Å². The topological polar surface area (TPSA) is 86.7 Å². The van der Waals surface area contributed by atoms with Crippen molar-refractivity contribution in [3.8, 4) is 0 Å². The fraction of sp³-hybridized carbons (Fsp3) is 0.300. The highest BCUT2D eigenvalue weighted by molar-refractivity contribution is 5.81. The van der Waals surface area contributed by atoms with E-state index in [2.05, 4.69) is 25.3 Å². The first-order valence-corrected chi connectivity index (χ1v) is 4.95. The number of fused-ring (bicyclic) bond motifs is 1. The highest BCUT2D eigenvalue weighted by Crippen LogP contribution is 2.13. The SMILES string of the molecule is C/C(=C\CNc1ncnc2n[14cH][nH]c12)CO. The van der Waals surface area contributed by atoms with Crippen LogP contribution in [0.5, 0.6) is 0 Å². The number of nitrogens with zero attached hydrogens (tertiary/aromatic N) is 3. The second-order valence-corrected chi connectivity index (χ2v) is 3.41. The van der Waals surface area contributed by atoms with Gasteiger partial charge in [-0.15, -0.1) is 0 Å². The molecule has 0 aliphatic rings. The maximum atomic E-state index is 8.83. The lowest BCUT2D eigenvalue weighted by molar-refractivity contribution is 0.331. The number of aliphatic hydroxyl groups is 1. The molecule has 2 rings (SSSR count). The number of aromatic nitrogens is 4. The smallest absolute Gasteiger partial charge is 0.182 e. The number of H-pyrrole nitrogens is 1. The quantitative estimate of drug-likeness (QED) is 0.662. The van der Waals surface area contributed by atoms with Gasteiger partial charge in [0.05, 0.1) is 12.9 Å². The van der Waals surface area contributed by atoms with Gasteiger partial charge in [0.25, 0.3) is 0 Å².